The van der Waals surface area contributed by atoms with Gasteiger partial charge in [-0.05, 0) is 24.8 Å². The summed E-state index contributed by atoms with van der Waals surface area (Å²) in [6.45, 7) is 3.08. The predicted octanol–water partition coefficient (Wildman–Crippen LogP) is 2.43. The predicted molar refractivity (Wildman–Crippen MR) is 81.2 cm³/mol. The fraction of sp³-hybridized carbons (Fsp3) is 0.438. The maximum absolute atomic E-state index is 10.1. The van der Waals surface area contributed by atoms with E-state index < -0.39 is 5.60 Å². The minimum absolute atomic E-state index is 0.317. The van der Waals surface area contributed by atoms with E-state index in [4.69, 9.17) is 5.73 Å². The molecule has 0 aliphatic heterocycles. The third-order valence-corrected chi connectivity index (χ3v) is 3.81. The molecule has 4 heteroatoms. The van der Waals surface area contributed by atoms with Gasteiger partial charge in [0.25, 0.3) is 0 Å². The number of benzene rings is 1. The first-order valence-corrected chi connectivity index (χ1v) is 7.17. The molecule has 0 aliphatic rings. The Hall–Kier alpha value is -1.65. The maximum Gasteiger partial charge on any atom is 0.0767 e. The Balaban J connectivity index is 1.91. The van der Waals surface area contributed by atoms with Crippen molar-refractivity contribution in [1.29, 1.82) is 0 Å². The number of hydrogen-bond acceptors (Lipinski definition) is 3. The quantitative estimate of drug-likeness (QED) is 0.814. The Morgan fingerprint density at radius 1 is 1.25 bits per heavy atom. The van der Waals surface area contributed by atoms with Gasteiger partial charge in [0.2, 0.25) is 0 Å². The topological polar surface area (TPSA) is 64.1 Å². The lowest BCUT2D eigenvalue weighted by atomic mass is 9.95. The Kier molecular flexibility index (Phi) is 4.93. The summed E-state index contributed by atoms with van der Waals surface area (Å²) >= 11 is 0. The van der Waals surface area contributed by atoms with E-state index in [2.05, 4.69) is 17.2 Å². The zero-order valence-electron chi connectivity index (χ0n) is 12.0. The van der Waals surface area contributed by atoms with Crippen LogP contribution in [0.4, 0.5) is 0 Å². The second kappa shape index (κ2) is 6.68. The molecule has 1 atom stereocenters. The summed E-state index contributed by atoms with van der Waals surface area (Å²) in [5, 5.41) is 14.5. The van der Waals surface area contributed by atoms with E-state index in [9.17, 15) is 5.11 Å². The highest BCUT2D eigenvalue weighted by atomic mass is 16.3. The smallest absolute Gasteiger partial charge is 0.0767 e. The van der Waals surface area contributed by atoms with E-state index in [1.807, 2.05) is 42.2 Å². The number of aryl methyl sites for hydroxylation is 1. The Labute approximate surface area is 120 Å². The van der Waals surface area contributed by atoms with Crippen LogP contribution in [-0.2, 0) is 6.54 Å². The summed E-state index contributed by atoms with van der Waals surface area (Å²) in [4.78, 5) is 0. The minimum Gasteiger partial charge on any atom is -0.389 e. The van der Waals surface area contributed by atoms with Crippen molar-refractivity contribution in [2.45, 2.75) is 38.3 Å². The van der Waals surface area contributed by atoms with Crippen LogP contribution in [0.1, 0.15) is 26.2 Å². The molecule has 1 aromatic heterocycles. The van der Waals surface area contributed by atoms with Gasteiger partial charge in [0, 0.05) is 24.8 Å². The highest BCUT2D eigenvalue weighted by Crippen LogP contribution is 2.19. The molecule has 0 fully saturated rings. The van der Waals surface area contributed by atoms with Gasteiger partial charge in [-0.25, -0.2) is 0 Å². The van der Waals surface area contributed by atoms with Crippen LogP contribution in [0.25, 0.3) is 11.1 Å². The second-order valence-electron chi connectivity index (χ2n) is 5.24. The summed E-state index contributed by atoms with van der Waals surface area (Å²) in [6, 6.07) is 10.2. The molecular formula is C16H23N3O. The van der Waals surface area contributed by atoms with Gasteiger partial charge >= 0.3 is 0 Å². The fourth-order valence-electron chi connectivity index (χ4n) is 2.26. The lowest BCUT2D eigenvalue weighted by molar-refractivity contribution is 0.0331. The molecule has 108 valence electrons. The van der Waals surface area contributed by atoms with Crippen molar-refractivity contribution in [1.82, 2.24) is 9.78 Å². The molecule has 3 N–H and O–H groups in total. The molecule has 20 heavy (non-hydrogen) atoms. The monoisotopic (exact) mass is 273 g/mol. The zero-order chi connectivity index (χ0) is 14.4. The Morgan fingerprint density at radius 2 is 2.00 bits per heavy atom. The van der Waals surface area contributed by atoms with Crippen LogP contribution in [0.5, 0.6) is 0 Å². The summed E-state index contributed by atoms with van der Waals surface area (Å²) in [6.07, 6.45) is 6.20. The average molecular weight is 273 g/mol. The molecule has 1 aromatic carbocycles. The molecule has 1 unspecified atom stereocenters. The van der Waals surface area contributed by atoms with E-state index >= 15 is 0 Å². The third kappa shape index (κ3) is 3.68. The van der Waals surface area contributed by atoms with Crippen LogP contribution in [0, 0.1) is 0 Å². The second-order valence-corrected chi connectivity index (χ2v) is 5.24. The van der Waals surface area contributed by atoms with Gasteiger partial charge in [-0.3, -0.25) is 4.68 Å². The number of nitrogens with zero attached hydrogens (tertiary/aromatic N) is 2. The molecule has 2 aromatic rings. The van der Waals surface area contributed by atoms with Crippen LogP contribution >= 0.6 is 0 Å². The molecule has 0 bridgehead atoms. The number of hydrogen-bond donors (Lipinski definition) is 2. The molecule has 0 saturated carbocycles. The van der Waals surface area contributed by atoms with Gasteiger partial charge < -0.3 is 10.8 Å². The SMILES string of the molecule is CCC(O)(CN)CCCn1cc(-c2ccccc2)cn1. The largest absolute Gasteiger partial charge is 0.389 e. The lowest BCUT2D eigenvalue weighted by Crippen LogP contribution is -2.37. The summed E-state index contributed by atoms with van der Waals surface area (Å²) in [5.41, 5.74) is 7.17. The van der Waals surface area contributed by atoms with Crippen molar-refractivity contribution in [3.05, 3.63) is 42.7 Å². The molecular weight excluding hydrogens is 250 g/mol. The Morgan fingerprint density at radius 3 is 2.65 bits per heavy atom. The zero-order valence-corrected chi connectivity index (χ0v) is 12.0. The third-order valence-electron chi connectivity index (χ3n) is 3.81. The first-order chi connectivity index (χ1) is 9.67. The first kappa shape index (κ1) is 14.8. The van der Waals surface area contributed by atoms with Gasteiger partial charge in [-0.1, -0.05) is 37.3 Å². The number of nitrogens with two attached hydrogens (primary N) is 1. The van der Waals surface area contributed by atoms with E-state index in [1.54, 1.807) is 0 Å². The molecule has 2 rings (SSSR count). The Bertz CT molecular complexity index is 518. The van der Waals surface area contributed by atoms with Crippen LogP contribution in [0.3, 0.4) is 0 Å². The fourth-order valence-corrected chi connectivity index (χ4v) is 2.26. The summed E-state index contributed by atoms with van der Waals surface area (Å²) in [7, 11) is 0. The van der Waals surface area contributed by atoms with Gasteiger partial charge in [0.05, 0.1) is 11.8 Å². The molecule has 0 aliphatic carbocycles. The first-order valence-electron chi connectivity index (χ1n) is 7.17. The summed E-state index contributed by atoms with van der Waals surface area (Å²) < 4.78 is 1.93. The number of aliphatic hydroxyl groups is 1. The molecule has 0 saturated heterocycles. The number of rotatable bonds is 7. The maximum atomic E-state index is 10.1. The van der Waals surface area contributed by atoms with Crippen molar-refractivity contribution in [2.75, 3.05) is 6.54 Å². The van der Waals surface area contributed by atoms with Crippen LogP contribution < -0.4 is 5.73 Å². The van der Waals surface area contributed by atoms with Crippen molar-refractivity contribution in [2.24, 2.45) is 5.73 Å². The molecule has 1 heterocycles. The van der Waals surface area contributed by atoms with Crippen molar-refractivity contribution in [3.63, 3.8) is 0 Å². The highest BCUT2D eigenvalue weighted by Gasteiger charge is 2.21. The molecule has 0 amide bonds. The highest BCUT2D eigenvalue weighted by molar-refractivity contribution is 5.61. The lowest BCUT2D eigenvalue weighted by Gasteiger charge is -2.24. The number of aromatic nitrogens is 2. The molecule has 0 radical (unpaired) electrons. The van der Waals surface area contributed by atoms with Crippen LogP contribution in [0.15, 0.2) is 42.7 Å². The standard InChI is InChI=1S/C16H23N3O/c1-2-16(20,13-17)9-6-10-19-12-15(11-18-19)14-7-4-3-5-8-14/h3-5,7-8,11-12,20H,2,6,9-10,13,17H2,1H3. The van der Waals surface area contributed by atoms with Gasteiger partial charge in [-0.15, -0.1) is 0 Å². The van der Waals surface area contributed by atoms with E-state index in [0.717, 1.165) is 18.5 Å². The van der Waals surface area contributed by atoms with E-state index in [0.29, 0.717) is 19.4 Å². The van der Waals surface area contributed by atoms with Gasteiger partial charge in [0.15, 0.2) is 0 Å². The molecule has 4 nitrogen and oxygen atoms in total. The van der Waals surface area contributed by atoms with Crippen molar-refractivity contribution >= 4 is 0 Å². The van der Waals surface area contributed by atoms with E-state index in [-0.39, 0.29) is 0 Å². The van der Waals surface area contributed by atoms with Crippen molar-refractivity contribution in [3.8, 4) is 11.1 Å². The molecule has 0 spiro atoms. The average Bonchev–Trinajstić information content (AvgIpc) is 2.97. The normalized spacial score (nSPS) is 14.2. The van der Waals surface area contributed by atoms with Gasteiger partial charge in [0.1, 0.15) is 0 Å². The van der Waals surface area contributed by atoms with Gasteiger partial charge in [-0.2, -0.15) is 5.10 Å². The van der Waals surface area contributed by atoms with Crippen LogP contribution in [0.2, 0.25) is 0 Å². The van der Waals surface area contributed by atoms with Crippen molar-refractivity contribution < 1.29 is 5.11 Å². The van der Waals surface area contributed by atoms with Crippen LogP contribution in [-0.4, -0.2) is 27.0 Å². The summed E-state index contributed by atoms with van der Waals surface area (Å²) in [5.74, 6) is 0. The minimum atomic E-state index is -0.727. The van der Waals surface area contributed by atoms with E-state index in [1.165, 1.54) is 5.56 Å².